The summed E-state index contributed by atoms with van der Waals surface area (Å²) in [6.45, 7) is 2.27. The smallest absolute Gasteiger partial charge is 0.191 e. The average Bonchev–Trinajstić information content (AvgIpc) is 2.53. The van der Waals surface area contributed by atoms with Crippen molar-refractivity contribution in [2.75, 3.05) is 13.7 Å². The first-order chi connectivity index (χ1) is 11.5. The van der Waals surface area contributed by atoms with E-state index in [1.807, 2.05) is 6.92 Å². The molecule has 0 aliphatic carbocycles. The van der Waals surface area contributed by atoms with Gasteiger partial charge in [-0.1, -0.05) is 12.1 Å². The number of ether oxygens (including phenoxy) is 2. The van der Waals surface area contributed by atoms with Gasteiger partial charge in [-0.15, -0.1) is 0 Å². The van der Waals surface area contributed by atoms with Crippen molar-refractivity contribution in [1.82, 2.24) is 0 Å². The Hall–Kier alpha value is -2.21. The molecule has 0 saturated heterocycles. The standard InChI is InChI=1S/C18H15BrF2O3/c1-3-24-16-10-11(9-12(19)18(16)23-2)7-8-15(22)17-13(20)5-4-6-14(17)21/h4-10H,3H2,1-2H3/b8-7+. The maximum Gasteiger partial charge on any atom is 0.191 e. The van der Waals surface area contributed by atoms with E-state index < -0.39 is 23.0 Å². The number of methoxy groups -OCH3 is 1. The van der Waals surface area contributed by atoms with Gasteiger partial charge >= 0.3 is 0 Å². The van der Waals surface area contributed by atoms with Crippen LogP contribution in [0.3, 0.4) is 0 Å². The lowest BCUT2D eigenvalue weighted by Crippen LogP contribution is -2.02. The summed E-state index contributed by atoms with van der Waals surface area (Å²) < 4.78 is 38.6. The van der Waals surface area contributed by atoms with E-state index >= 15 is 0 Å². The van der Waals surface area contributed by atoms with Crippen LogP contribution >= 0.6 is 15.9 Å². The normalized spacial score (nSPS) is 10.9. The van der Waals surface area contributed by atoms with Crippen LogP contribution in [0.5, 0.6) is 11.5 Å². The van der Waals surface area contributed by atoms with E-state index in [1.165, 1.54) is 19.3 Å². The Labute approximate surface area is 147 Å². The van der Waals surface area contributed by atoms with Gasteiger partial charge < -0.3 is 9.47 Å². The summed E-state index contributed by atoms with van der Waals surface area (Å²) in [5, 5.41) is 0. The largest absolute Gasteiger partial charge is 0.492 e. The van der Waals surface area contributed by atoms with Crippen LogP contribution in [0.2, 0.25) is 0 Å². The molecule has 126 valence electrons. The first kappa shape index (κ1) is 18.1. The van der Waals surface area contributed by atoms with E-state index in [4.69, 9.17) is 9.47 Å². The van der Waals surface area contributed by atoms with Crippen LogP contribution in [0.15, 0.2) is 40.9 Å². The second kappa shape index (κ2) is 8.06. The maximum absolute atomic E-state index is 13.6. The molecule has 0 aliphatic rings. The number of benzene rings is 2. The summed E-state index contributed by atoms with van der Waals surface area (Å²) in [6.07, 6.45) is 2.58. The third-order valence-electron chi connectivity index (χ3n) is 3.17. The molecule has 0 aromatic heterocycles. The van der Waals surface area contributed by atoms with Crippen molar-refractivity contribution >= 4 is 27.8 Å². The van der Waals surface area contributed by atoms with Crippen molar-refractivity contribution in [3.63, 3.8) is 0 Å². The molecule has 0 fully saturated rings. The lowest BCUT2D eigenvalue weighted by molar-refractivity contribution is 0.104. The molecular weight excluding hydrogens is 382 g/mol. The summed E-state index contributed by atoms with van der Waals surface area (Å²) in [5.74, 6) is -1.51. The predicted octanol–water partition coefficient (Wildman–Crippen LogP) is 5.03. The SMILES string of the molecule is CCOc1cc(/C=C/C(=O)c2c(F)cccc2F)cc(Br)c1OC. The molecule has 0 amide bonds. The zero-order chi connectivity index (χ0) is 17.7. The summed E-state index contributed by atoms with van der Waals surface area (Å²) in [4.78, 5) is 12.0. The zero-order valence-electron chi connectivity index (χ0n) is 13.1. The molecule has 0 atom stereocenters. The number of carbonyl (C=O) groups excluding carboxylic acids is 1. The lowest BCUT2D eigenvalue weighted by atomic mass is 10.1. The van der Waals surface area contributed by atoms with Crippen LogP contribution in [0.25, 0.3) is 6.08 Å². The van der Waals surface area contributed by atoms with Gasteiger partial charge in [0.2, 0.25) is 0 Å². The molecule has 3 nitrogen and oxygen atoms in total. The molecule has 0 N–H and O–H groups in total. The number of rotatable bonds is 6. The minimum absolute atomic E-state index is 0.440. The Morgan fingerprint density at radius 2 is 1.92 bits per heavy atom. The fourth-order valence-corrected chi connectivity index (χ4v) is 2.76. The highest BCUT2D eigenvalue weighted by molar-refractivity contribution is 9.10. The van der Waals surface area contributed by atoms with Crippen molar-refractivity contribution in [3.05, 3.63) is 63.6 Å². The monoisotopic (exact) mass is 396 g/mol. The number of hydrogen-bond acceptors (Lipinski definition) is 3. The number of hydrogen-bond donors (Lipinski definition) is 0. The summed E-state index contributed by atoms with van der Waals surface area (Å²) in [5.41, 5.74) is 0.0441. The van der Waals surface area contributed by atoms with Crippen molar-refractivity contribution in [2.45, 2.75) is 6.92 Å². The molecular formula is C18H15BrF2O3. The van der Waals surface area contributed by atoms with Crippen LogP contribution in [0, 0.1) is 11.6 Å². The van der Waals surface area contributed by atoms with Gasteiger partial charge in [0.1, 0.15) is 11.6 Å². The Bertz CT molecular complexity index is 768. The Morgan fingerprint density at radius 3 is 2.50 bits per heavy atom. The molecule has 0 spiro atoms. The van der Waals surface area contributed by atoms with Crippen molar-refractivity contribution in [2.24, 2.45) is 0 Å². The molecule has 0 saturated carbocycles. The van der Waals surface area contributed by atoms with Crippen molar-refractivity contribution in [1.29, 1.82) is 0 Å². The second-order valence-corrected chi connectivity index (χ2v) is 5.62. The highest BCUT2D eigenvalue weighted by atomic mass is 79.9. The Morgan fingerprint density at radius 1 is 1.25 bits per heavy atom. The quantitative estimate of drug-likeness (QED) is 0.507. The average molecular weight is 397 g/mol. The first-order valence-electron chi connectivity index (χ1n) is 7.14. The first-order valence-corrected chi connectivity index (χ1v) is 7.94. The minimum atomic E-state index is -0.893. The fraction of sp³-hybridized carbons (Fsp3) is 0.167. The number of carbonyl (C=O) groups is 1. The van der Waals surface area contributed by atoms with Crippen LogP contribution in [-0.2, 0) is 0 Å². The fourth-order valence-electron chi connectivity index (χ4n) is 2.13. The van der Waals surface area contributed by atoms with Crippen LogP contribution in [-0.4, -0.2) is 19.5 Å². The predicted molar refractivity (Wildman–Crippen MR) is 91.6 cm³/mol. The van der Waals surface area contributed by atoms with Gasteiger partial charge in [0, 0.05) is 0 Å². The van der Waals surface area contributed by atoms with Crippen molar-refractivity contribution in [3.8, 4) is 11.5 Å². The maximum atomic E-state index is 13.6. The van der Waals surface area contributed by atoms with Gasteiger partial charge in [-0.3, -0.25) is 4.79 Å². The van der Waals surface area contributed by atoms with Gasteiger partial charge in [0.25, 0.3) is 0 Å². The van der Waals surface area contributed by atoms with Crippen LogP contribution in [0.1, 0.15) is 22.8 Å². The van der Waals surface area contributed by atoms with E-state index in [2.05, 4.69) is 15.9 Å². The zero-order valence-corrected chi connectivity index (χ0v) is 14.7. The molecule has 2 rings (SSSR count). The minimum Gasteiger partial charge on any atom is -0.492 e. The number of ketones is 1. The number of allylic oxidation sites excluding steroid dienone is 1. The van der Waals surface area contributed by atoms with Gasteiger partial charge in [0.05, 0.1) is 23.8 Å². The third kappa shape index (κ3) is 4.00. The summed E-state index contributed by atoms with van der Waals surface area (Å²) >= 11 is 3.36. The Balaban J connectivity index is 2.33. The van der Waals surface area contributed by atoms with Gasteiger partial charge in [-0.05, 0) is 58.8 Å². The molecule has 2 aromatic carbocycles. The van der Waals surface area contributed by atoms with E-state index in [1.54, 1.807) is 12.1 Å². The highest BCUT2D eigenvalue weighted by Gasteiger charge is 2.15. The molecule has 0 unspecified atom stereocenters. The summed E-state index contributed by atoms with van der Waals surface area (Å²) in [7, 11) is 1.52. The Kier molecular flexibility index (Phi) is 6.09. The molecule has 0 bridgehead atoms. The van der Waals surface area contributed by atoms with E-state index in [0.717, 1.165) is 18.2 Å². The summed E-state index contributed by atoms with van der Waals surface area (Å²) in [6, 6.07) is 6.68. The van der Waals surface area contributed by atoms with E-state index in [-0.39, 0.29) is 0 Å². The van der Waals surface area contributed by atoms with Crippen molar-refractivity contribution < 1.29 is 23.0 Å². The van der Waals surface area contributed by atoms with Gasteiger partial charge in [0.15, 0.2) is 17.3 Å². The molecule has 6 heteroatoms. The lowest BCUT2D eigenvalue weighted by Gasteiger charge is -2.12. The third-order valence-corrected chi connectivity index (χ3v) is 3.76. The highest BCUT2D eigenvalue weighted by Crippen LogP contribution is 2.37. The number of halogens is 3. The molecule has 2 aromatic rings. The van der Waals surface area contributed by atoms with Crippen LogP contribution < -0.4 is 9.47 Å². The molecule has 0 radical (unpaired) electrons. The topological polar surface area (TPSA) is 35.5 Å². The van der Waals surface area contributed by atoms with Gasteiger partial charge in [-0.2, -0.15) is 0 Å². The van der Waals surface area contributed by atoms with E-state index in [9.17, 15) is 13.6 Å². The van der Waals surface area contributed by atoms with Gasteiger partial charge in [-0.25, -0.2) is 8.78 Å². The molecule has 0 heterocycles. The molecule has 0 aliphatic heterocycles. The van der Waals surface area contributed by atoms with Crippen LogP contribution in [0.4, 0.5) is 8.78 Å². The van der Waals surface area contributed by atoms with E-state index in [0.29, 0.717) is 28.1 Å². The molecule has 24 heavy (non-hydrogen) atoms. The second-order valence-electron chi connectivity index (χ2n) is 4.76.